The summed E-state index contributed by atoms with van der Waals surface area (Å²) < 4.78 is 12.3. The van der Waals surface area contributed by atoms with Gasteiger partial charge in [0.05, 0.1) is 35.6 Å². The molecule has 180 valence electrons. The smallest absolute Gasteiger partial charge is 0.272 e. The van der Waals surface area contributed by atoms with Crippen LogP contribution in [0.2, 0.25) is 10.0 Å². The van der Waals surface area contributed by atoms with E-state index in [1.54, 1.807) is 55.1 Å². The Bertz CT molecular complexity index is 1340. The van der Waals surface area contributed by atoms with Crippen molar-refractivity contribution < 1.29 is 14.3 Å². The summed E-state index contributed by atoms with van der Waals surface area (Å²) in [4.78, 5) is 15.2. The molecule has 4 rings (SSSR count). The van der Waals surface area contributed by atoms with E-state index in [4.69, 9.17) is 37.8 Å². The number of ether oxygens (including phenoxy) is 2. The molecule has 8 heteroatoms. The van der Waals surface area contributed by atoms with Crippen molar-refractivity contribution in [3.63, 3.8) is 0 Å². The van der Waals surface area contributed by atoms with Gasteiger partial charge >= 0.3 is 0 Å². The predicted octanol–water partition coefficient (Wildman–Crippen LogP) is 6.18. The number of benzene rings is 3. The first kappa shape index (κ1) is 24.6. The lowest BCUT2D eigenvalue weighted by Crippen LogP contribution is -2.30. The summed E-state index contributed by atoms with van der Waals surface area (Å²) >= 11 is 12.4. The Morgan fingerprint density at radius 1 is 0.914 bits per heavy atom. The monoisotopic (exact) mass is 509 g/mol. The van der Waals surface area contributed by atoms with E-state index in [9.17, 15) is 4.79 Å². The Hall–Kier alpha value is -3.48. The van der Waals surface area contributed by atoms with Crippen molar-refractivity contribution in [2.24, 2.45) is 0 Å². The highest BCUT2D eigenvalue weighted by Gasteiger charge is 2.21. The summed E-state index contributed by atoms with van der Waals surface area (Å²) in [7, 11) is 4.98. The summed E-state index contributed by atoms with van der Waals surface area (Å²) in [6, 6.07) is 22.4. The Labute approximate surface area is 214 Å². The van der Waals surface area contributed by atoms with Crippen molar-refractivity contribution in [2.75, 3.05) is 27.8 Å². The molecule has 1 amide bonds. The minimum Gasteiger partial charge on any atom is -0.493 e. The Morgan fingerprint density at radius 2 is 1.66 bits per heavy atom. The van der Waals surface area contributed by atoms with E-state index in [0.717, 1.165) is 11.1 Å². The van der Waals surface area contributed by atoms with Gasteiger partial charge in [0.25, 0.3) is 5.91 Å². The van der Waals surface area contributed by atoms with Crippen LogP contribution in [0.1, 0.15) is 16.1 Å². The molecule has 0 saturated carbocycles. The van der Waals surface area contributed by atoms with Gasteiger partial charge in [0.2, 0.25) is 0 Å². The lowest BCUT2D eigenvalue weighted by molar-refractivity contribution is 0.0787. The van der Waals surface area contributed by atoms with Gasteiger partial charge in [-0.15, -0.1) is 0 Å². The quantitative estimate of drug-likeness (QED) is 0.284. The highest BCUT2D eigenvalue weighted by atomic mass is 35.5. The second-order valence-electron chi connectivity index (χ2n) is 7.96. The summed E-state index contributed by atoms with van der Waals surface area (Å²) in [5, 5.41) is 5.55. The van der Waals surface area contributed by atoms with E-state index in [0.29, 0.717) is 51.6 Å². The van der Waals surface area contributed by atoms with Crippen LogP contribution in [0.5, 0.6) is 11.5 Å². The fourth-order valence-electron chi connectivity index (χ4n) is 3.73. The summed E-state index contributed by atoms with van der Waals surface area (Å²) in [5.74, 6) is 1.16. The Kier molecular flexibility index (Phi) is 7.63. The van der Waals surface area contributed by atoms with Crippen LogP contribution in [0.25, 0.3) is 16.9 Å². The number of likely N-dealkylation sites (N-methyl/N-ethyl adjacent to an activating group) is 1. The molecule has 0 unspecified atom stereocenters. The standard InChI is InChI=1S/C27H25Cl2N3O3/c1-31(14-13-18-9-12-25(34-2)26(15-18)35-3)27(33)24-17-23(19-7-5-4-6-8-19)30-32(24)20-10-11-21(28)22(29)16-20/h4-12,15-17H,13-14H2,1-3H3. The molecule has 1 heterocycles. The van der Waals surface area contributed by atoms with Crippen molar-refractivity contribution in [3.8, 4) is 28.4 Å². The van der Waals surface area contributed by atoms with Gasteiger partial charge in [-0.05, 0) is 48.4 Å². The van der Waals surface area contributed by atoms with Crippen LogP contribution in [-0.4, -0.2) is 48.4 Å². The molecular weight excluding hydrogens is 485 g/mol. The van der Waals surface area contributed by atoms with Gasteiger partial charge in [-0.25, -0.2) is 4.68 Å². The van der Waals surface area contributed by atoms with E-state index in [2.05, 4.69) is 0 Å². The van der Waals surface area contributed by atoms with Crippen LogP contribution in [-0.2, 0) is 6.42 Å². The van der Waals surface area contributed by atoms with Crippen LogP contribution >= 0.6 is 23.2 Å². The van der Waals surface area contributed by atoms with Gasteiger partial charge in [0.1, 0.15) is 5.69 Å². The summed E-state index contributed by atoms with van der Waals surface area (Å²) in [6.07, 6.45) is 0.648. The molecule has 0 radical (unpaired) electrons. The van der Waals surface area contributed by atoms with Gasteiger partial charge in [-0.2, -0.15) is 5.10 Å². The van der Waals surface area contributed by atoms with Crippen LogP contribution in [0.15, 0.2) is 72.8 Å². The zero-order chi connectivity index (χ0) is 24.9. The zero-order valence-corrected chi connectivity index (χ0v) is 21.2. The molecule has 4 aromatic rings. The maximum atomic E-state index is 13.5. The maximum Gasteiger partial charge on any atom is 0.272 e. The molecule has 0 atom stereocenters. The van der Waals surface area contributed by atoms with Gasteiger partial charge in [0.15, 0.2) is 11.5 Å². The largest absolute Gasteiger partial charge is 0.493 e. The normalized spacial score (nSPS) is 10.8. The van der Waals surface area contributed by atoms with Gasteiger partial charge in [-0.1, -0.05) is 59.6 Å². The van der Waals surface area contributed by atoms with E-state index in [1.165, 1.54) is 0 Å². The highest BCUT2D eigenvalue weighted by molar-refractivity contribution is 6.42. The molecule has 0 aliphatic heterocycles. The predicted molar refractivity (Wildman–Crippen MR) is 139 cm³/mol. The number of amides is 1. The van der Waals surface area contributed by atoms with Crippen LogP contribution in [0.4, 0.5) is 0 Å². The topological polar surface area (TPSA) is 56.6 Å². The third-order valence-electron chi connectivity index (χ3n) is 5.68. The van der Waals surface area contributed by atoms with Gasteiger partial charge in [0, 0.05) is 19.2 Å². The van der Waals surface area contributed by atoms with Gasteiger partial charge in [-0.3, -0.25) is 4.79 Å². The molecule has 0 N–H and O–H groups in total. The number of halogens is 2. The number of hydrogen-bond acceptors (Lipinski definition) is 4. The first-order valence-electron chi connectivity index (χ1n) is 11.0. The number of carbonyl (C=O) groups excluding carboxylic acids is 1. The number of rotatable bonds is 8. The molecule has 3 aromatic carbocycles. The van der Waals surface area contributed by atoms with E-state index in [-0.39, 0.29) is 5.91 Å². The minimum absolute atomic E-state index is 0.161. The lowest BCUT2D eigenvalue weighted by atomic mass is 10.1. The SMILES string of the molecule is COc1ccc(CCN(C)C(=O)c2cc(-c3ccccc3)nn2-c2ccc(Cl)c(Cl)c2)cc1OC. The third kappa shape index (κ3) is 5.45. The molecule has 0 spiro atoms. The number of methoxy groups -OCH3 is 2. The van der Waals surface area contributed by atoms with Crippen LogP contribution in [0.3, 0.4) is 0 Å². The molecule has 35 heavy (non-hydrogen) atoms. The van der Waals surface area contributed by atoms with Crippen LogP contribution < -0.4 is 9.47 Å². The van der Waals surface area contributed by atoms with Crippen molar-refractivity contribution >= 4 is 29.1 Å². The second kappa shape index (κ2) is 10.8. The molecule has 0 saturated heterocycles. The first-order valence-corrected chi connectivity index (χ1v) is 11.7. The second-order valence-corrected chi connectivity index (χ2v) is 8.77. The fourth-order valence-corrected chi connectivity index (χ4v) is 4.02. The average molecular weight is 510 g/mol. The van der Waals surface area contributed by atoms with Crippen molar-refractivity contribution in [3.05, 3.63) is 94.1 Å². The van der Waals surface area contributed by atoms with Crippen molar-refractivity contribution in [1.82, 2.24) is 14.7 Å². The molecule has 0 aliphatic carbocycles. The van der Waals surface area contributed by atoms with Crippen molar-refractivity contribution in [1.29, 1.82) is 0 Å². The minimum atomic E-state index is -0.161. The third-order valence-corrected chi connectivity index (χ3v) is 6.42. The lowest BCUT2D eigenvalue weighted by Gasteiger charge is -2.18. The molecule has 1 aromatic heterocycles. The molecule has 0 fully saturated rings. The number of carbonyl (C=O) groups is 1. The van der Waals surface area contributed by atoms with Crippen LogP contribution in [0, 0.1) is 0 Å². The number of nitrogens with zero attached hydrogens (tertiary/aromatic N) is 3. The molecule has 6 nitrogen and oxygen atoms in total. The zero-order valence-electron chi connectivity index (χ0n) is 19.7. The number of aromatic nitrogens is 2. The molecule has 0 aliphatic rings. The highest BCUT2D eigenvalue weighted by Crippen LogP contribution is 2.29. The molecular formula is C27H25Cl2N3O3. The van der Waals surface area contributed by atoms with E-state index >= 15 is 0 Å². The van der Waals surface area contributed by atoms with Crippen molar-refractivity contribution in [2.45, 2.75) is 6.42 Å². The number of hydrogen-bond donors (Lipinski definition) is 0. The van der Waals surface area contributed by atoms with E-state index in [1.807, 2.05) is 48.5 Å². The average Bonchev–Trinajstić information content (AvgIpc) is 3.34. The maximum absolute atomic E-state index is 13.5. The first-order chi connectivity index (χ1) is 16.9. The molecule has 0 bridgehead atoms. The Balaban J connectivity index is 1.62. The Morgan fingerprint density at radius 3 is 2.34 bits per heavy atom. The summed E-state index contributed by atoms with van der Waals surface area (Å²) in [6.45, 7) is 0.502. The fraction of sp³-hybridized carbons (Fsp3) is 0.185. The summed E-state index contributed by atoms with van der Waals surface area (Å²) in [5.41, 5.74) is 3.71. The van der Waals surface area contributed by atoms with E-state index < -0.39 is 0 Å². The van der Waals surface area contributed by atoms with Gasteiger partial charge < -0.3 is 14.4 Å².